The van der Waals surface area contributed by atoms with Gasteiger partial charge in [0.15, 0.2) is 0 Å². The van der Waals surface area contributed by atoms with E-state index in [1.54, 1.807) is 43.3 Å². The van der Waals surface area contributed by atoms with Crippen LogP contribution in [0.3, 0.4) is 0 Å². The first-order valence-corrected chi connectivity index (χ1v) is 11.9. The van der Waals surface area contributed by atoms with Gasteiger partial charge >= 0.3 is 0 Å². The van der Waals surface area contributed by atoms with E-state index < -0.39 is 28.5 Å². The minimum Gasteiger partial charge on any atom is -0.348 e. The van der Waals surface area contributed by atoms with E-state index in [0.717, 1.165) is 4.31 Å². The Morgan fingerprint density at radius 3 is 2.03 bits per heavy atom. The molecule has 3 rings (SSSR count). The summed E-state index contributed by atoms with van der Waals surface area (Å²) in [5, 5.41) is 3.69. The topological polar surface area (TPSA) is 66.5 Å². The maximum atomic E-state index is 13.3. The van der Waals surface area contributed by atoms with Crippen LogP contribution in [0.5, 0.6) is 0 Å². The van der Waals surface area contributed by atoms with Crippen LogP contribution >= 0.6 is 23.2 Å². The second-order valence-electron chi connectivity index (χ2n) is 7.19. The Labute approximate surface area is 196 Å². The van der Waals surface area contributed by atoms with Crippen LogP contribution in [0.2, 0.25) is 10.0 Å². The van der Waals surface area contributed by atoms with Crippen LogP contribution in [0.1, 0.15) is 24.1 Å². The molecule has 1 amide bonds. The molecule has 3 aromatic rings. The Balaban J connectivity index is 1.82. The van der Waals surface area contributed by atoms with Gasteiger partial charge in [-0.25, -0.2) is 12.8 Å². The van der Waals surface area contributed by atoms with Gasteiger partial charge in [-0.15, -0.1) is 0 Å². The van der Waals surface area contributed by atoms with Gasteiger partial charge in [0.2, 0.25) is 15.9 Å². The van der Waals surface area contributed by atoms with Gasteiger partial charge in [-0.3, -0.25) is 4.79 Å². The largest absolute Gasteiger partial charge is 0.348 e. The van der Waals surface area contributed by atoms with Crippen molar-refractivity contribution in [1.29, 1.82) is 0 Å². The third-order valence-corrected chi connectivity index (χ3v) is 7.10. The Kier molecular flexibility index (Phi) is 7.90. The zero-order valence-corrected chi connectivity index (χ0v) is 19.5. The van der Waals surface area contributed by atoms with Crippen molar-refractivity contribution in [3.05, 3.63) is 99.8 Å². The lowest BCUT2D eigenvalue weighted by molar-refractivity contribution is -0.122. The number of hydrogen-bond acceptors (Lipinski definition) is 3. The molecule has 0 saturated heterocycles. The lowest BCUT2D eigenvalue weighted by Crippen LogP contribution is -2.41. The van der Waals surface area contributed by atoms with Crippen LogP contribution in [0, 0.1) is 5.82 Å². The van der Waals surface area contributed by atoms with E-state index in [1.807, 2.05) is 0 Å². The standard InChI is InChI=1S/C23H21Cl2FN2O3S/c1-16(18-4-10-21(26)11-5-18)27-23(29)15-28(14-17-2-6-19(24)7-3-17)32(30,31)22-12-8-20(25)9-13-22/h2-13,16H,14-15H2,1H3,(H,27,29)/t16-/m1/s1. The molecular weight excluding hydrogens is 474 g/mol. The van der Waals surface area contributed by atoms with Crippen molar-refractivity contribution in [3.8, 4) is 0 Å². The fraction of sp³-hybridized carbons (Fsp3) is 0.174. The highest BCUT2D eigenvalue weighted by molar-refractivity contribution is 7.89. The van der Waals surface area contributed by atoms with E-state index in [9.17, 15) is 17.6 Å². The first-order valence-electron chi connectivity index (χ1n) is 9.70. The third kappa shape index (κ3) is 6.29. The number of carbonyl (C=O) groups excluding carboxylic acids is 1. The highest BCUT2D eigenvalue weighted by Crippen LogP contribution is 2.22. The monoisotopic (exact) mass is 494 g/mol. The third-order valence-electron chi connectivity index (χ3n) is 4.79. The van der Waals surface area contributed by atoms with Crippen LogP contribution in [0.4, 0.5) is 4.39 Å². The Morgan fingerprint density at radius 2 is 1.47 bits per heavy atom. The molecule has 3 aromatic carbocycles. The molecule has 0 aromatic heterocycles. The van der Waals surface area contributed by atoms with Crippen molar-refractivity contribution in [3.63, 3.8) is 0 Å². The minimum absolute atomic E-state index is 0.0234. The molecule has 0 spiro atoms. The number of carbonyl (C=O) groups is 1. The molecular formula is C23H21Cl2FN2O3S. The predicted octanol–water partition coefficient (Wildman–Crippen LogP) is 5.20. The lowest BCUT2D eigenvalue weighted by atomic mass is 10.1. The zero-order valence-electron chi connectivity index (χ0n) is 17.1. The fourth-order valence-electron chi connectivity index (χ4n) is 3.06. The molecule has 0 aliphatic carbocycles. The molecule has 0 aliphatic rings. The molecule has 1 N–H and O–H groups in total. The summed E-state index contributed by atoms with van der Waals surface area (Å²) in [7, 11) is -4.00. The second kappa shape index (κ2) is 10.4. The van der Waals surface area contributed by atoms with Gasteiger partial charge in [0.05, 0.1) is 17.5 Å². The number of rotatable bonds is 8. The molecule has 0 heterocycles. The summed E-state index contributed by atoms with van der Waals surface area (Å²) in [6.07, 6.45) is 0. The molecule has 0 saturated carbocycles. The average Bonchev–Trinajstić information content (AvgIpc) is 2.75. The molecule has 0 fully saturated rings. The first kappa shape index (κ1) is 24.2. The van der Waals surface area contributed by atoms with E-state index in [-0.39, 0.29) is 17.3 Å². The van der Waals surface area contributed by atoms with E-state index >= 15 is 0 Å². The first-order chi connectivity index (χ1) is 15.1. The maximum absolute atomic E-state index is 13.3. The summed E-state index contributed by atoms with van der Waals surface area (Å²) >= 11 is 11.8. The molecule has 5 nitrogen and oxygen atoms in total. The summed E-state index contributed by atoms with van der Waals surface area (Å²) in [6.45, 7) is 1.31. The van der Waals surface area contributed by atoms with Crippen LogP contribution in [0.25, 0.3) is 0 Å². The summed E-state index contributed by atoms with van der Waals surface area (Å²) < 4.78 is 40.8. The normalized spacial score (nSPS) is 12.5. The van der Waals surface area contributed by atoms with Gasteiger partial charge in [0.25, 0.3) is 0 Å². The number of sulfonamides is 1. The van der Waals surface area contributed by atoms with Crippen molar-refractivity contribution < 1.29 is 17.6 Å². The Hall–Kier alpha value is -2.45. The van der Waals surface area contributed by atoms with Gasteiger partial charge in [-0.2, -0.15) is 4.31 Å². The van der Waals surface area contributed by atoms with Gasteiger partial charge in [0.1, 0.15) is 5.82 Å². The highest BCUT2D eigenvalue weighted by atomic mass is 35.5. The van der Waals surface area contributed by atoms with E-state index in [1.165, 1.54) is 36.4 Å². The van der Waals surface area contributed by atoms with E-state index in [2.05, 4.69) is 5.32 Å². The zero-order chi connectivity index (χ0) is 23.3. The minimum atomic E-state index is -4.00. The summed E-state index contributed by atoms with van der Waals surface area (Å²) in [4.78, 5) is 12.8. The number of nitrogens with zero attached hydrogens (tertiary/aromatic N) is 1. The summed E-state index contributed by atoms with van der Waals surface area (Å²) in [5.74, 6) is -0.871. The van der Waals surface area contributed by atoms with Crippen molar-refractivity contribution in [1.82, 2.24) is 9.62 Å². The molecule has 0 radical (unpaired) electrons. The van der Waals surface area contributed by atoms with Crippen molar-refractivity contribution in [2.75, 3.05) is 6.54 Å². The molecule has 1 atom stereocenters. The van der Waals surface area contributed by atoms with Gasteiger partial charge in [0, 0.05) is 16.6 Å². The van der Waals surface area contributed by atoms with Crippen LogP contribution < -0.4 is 5.32 Å². The van der Waals surface area contributed by atoms with Crippen molar-refractivity contribution in [2.45, 2.75) is 24.4 Å². The fourth-order valence-corrected chi connectivity index (χ4v) is 4.69. The van der Waals surface area contributed by atoms with Crippen LogP contribution in [-0.4, -0.2) is 25.2 Å². The summed E-state index contributed by atoms with van der Waals surface area (Å²) in [6, 6.07) is 17.8. The van der Waals surface area contributed by atoms with Gasteiger partial charge < -0.3 is 5.32 Å². The molecule has 168 valence electrons. The van der Waals surface area contributed by atoms with E-state index in [4.69, 9.17) is 23.2 Å². The molecule has 0 bridgehead atoms. The number of halogens is 3. The lowest BCUT2D eigenvalue weighted by Gasteiger charge is -2.23. The number of benzene rings is 3. The summed E-state index contributed by atoms with van der Waals surface area (Å²) in [5.41, 5.74) is 1.37. The number of amides is 1. The molecule has 9 heteroatoms. The van der Waals surface area contributed by atoms with Crippen molar-refractivity contribution >= 4 is 39.1 Å². The molecule has 0 aliphatic heterocycles. The smallest absolute Gasteiger partial charge is 0.243 e. The van der Waals surface area contributed by atoms with Crippen molar-refractivity contribution in [2.24, 2.45) is 0 Å². The average molecular weight is 495 g/mol. The quantitative estimate of drug-likeness (QED) is 0.467. The number of nitrogens with one attached hydrogen (secondary N) is 1. The Morgan fingerprint density at radius 1 is 0.938 bits per heavy atom. The highest BCUT2D eigenvalue weighted by Gasteiger charge is 2.27. The maximum Gasteiger partial charge on any atom is 0.243 e. The van der Waals surface area contributed by atoms with Crippen LogP contribution in [-0.2, 0) is 21.4 Å². The van der Waals surface area contributed by atoms with Crippen LogP contribution in [0.15, 0.2) is 77.7 Å². The second-order valence-corrected chi connectivity index (χ2v) is 10.0. The van der Waals surface area contributed by atoms with Gasteiger partial charge in [-0.1, -0.05) is 47.5 Å². The van der Waals surface area contributed by atoms with E-state index in [0.29, 0.717) is 21.2 Å². The SMILES string of the molecule is C[C@@H](NC(=O)CN(Cc1ccc(Cl)cc1)S(=O)(=O)c1ccc(Cl)cc1)c1ccc(F)cc1. The predicted molar refractivity (Wildman–Crippen MR) is 123 cm³/mol. The molecule has 32 heavy (non-hydrogen) atoms. The number of hydrogen-bond donors (Lipinski definition) is 1. The van der Waals surface area contributed by atoms with Gasteiger partial charge in [-0.05, 0) is 66.6 Å². The molecule has 0 unspecified atom stereocenters. The Bertz CT molecular complexity index is 1170.